The fourth-order valence-electron chi connectivity index (χ4n) is 2.04. The molecule has 0 bridgehead atoms. The van der Waals surface area contributed by atoms with E-state index in [0.29, 0.717) is 11.8 Å². The highest BCUT2D eigenvalue weighted by Crippen LogP contribution is 2.23. The fraction of sp³-hybridized carbons (Fsp3) is 0.625. The predicted octanol–water partition coefficient (Wildman–Crippen LogP) is 3.44. The molecule has 1 N–H and O–H groups in total. The van der Waals surface area contributed by atoms with Gasteiger partial charge in [-0.15, -0.1) is 0 Å². The number of benzene rings is 1. The van der Waals surface area contributed by atoms with Gasteiger partial charge in [0.1, 0.15) is 0 Å². The van der Waals surface area contributed by atoms with Gasteiger partial charge in [0.2, 0.25) is 0 Å². The van der Waals surface area contributed by atoms with Gasteiger partial charge in [0.15, 0.2) is 0 Å². The Labute approximate surface area is 112 Å². The average Bonchev–Trinajstić information content (AvgIpc) is 2.35. The summed E-state index contributed by atoms with van der Waals surface area (Å²) < 4.78 is 5.42. The minimum absolute atomic E-state index is 0.0990. The van der Waals surface area contributed by atoms with Crippen LogP contribution >= 0.6 is 0 Å². The van der Waals surface area contributed by atoms with E-state index in [1.165, 1.54) is 5.56 Å². The zero-order valence-corrected chi connectivity index (χ0v) is 12.4. The molecule has 0 saturated heterocycles. The molecule has 1 atom stereocenters. The van der Waals surface area contributed by atoms with Crippen molar-refractivity contribution in [2.24, 2.45) is 5.92 Å². The number of rotatable bonds is 7. The Morgan fingerprint density at radius 2 is 1.78 bits per heavy atom. The molecule has 0 heterocycles. The second-order valence-corrected chi connectivity index (χ2v) is 5.86. The lowest BCUT2D eigenvalue weighted by Crippen LogP contribution is -2.39. The minimum Gasteiger partial charge on any atom is -0.377 e. The lowest BCUT2D eigenvalue weighted by molar-refractivity contribution is 0.0229. The first kappa shape index (κ1) is 15.2. The van der Waals surface area contributed by atoms with Crippen LogP contribution in [0.4, 0.5) is 0 Å². The van der Waals surface area contributed by atoms with Gasteiger partial charge in [0.25, 0.3) is 0 Å². The van der Waals surface area contributed by atoms with Crippen molar-refractivity contribution in [2.75, 3.05) is 20.2 Å². The third-order valence-corrected chi connectivity index (χ3v) is 3.50. The van der Waals surface area contributed by atoms with Crippen molar-refractivity contribution in [3.8, 4) is 0 Å². The number of hydrogen-bond donors (Lipinski definition) is 1. The highest BCUT2D eigenvalue weighted by atomic mass is 16.5. The first-order valence-corrected chi connectivity index (χ1v) is 6.77. The maximum absolute atomic E-state index is 5.42. The van der Waals surface area contributed by atoms with Crippen LogP contribution in [0.15, 0.2) is 30.3 Å². The van der Waals surface area contributed by atoms with E-state index >= 15 is 0 Å². The molecule has 1 unspecified atom stereocenters. The maximum Gasteiger partial charge on any atom is 0.0746 e. The lowest BCUT2D eigenvalue weighted by atomic mass is 9.88. The molecule has 102 valence electrons. The SMILES string of the molecule is COC(C)(C)CNCC(c1ccccc1)C(C)C. The summed E-state index contributed by atoms with van der Waals surface area (Å²) in [5.41, 5.74) is 1.31. The summed E-state index contributed by atoms with van der Waals surface area (Å²) in [6, 6.07) is 10.7. The van der Waals surface area contributed by atoms with Gasteiger partial charge in [-0.2, -0.15) is 0 Å². The van der Waals surface area contributed by atoms with Crippen LogP contribution in [0.1, 0.15) is 39.2 Å². The monoisotopic (exact) mass is 249 g/mol. The number of nitrogens with one attached hydrogen (secondary N) is 1. The van der Waals surface area contributed by atoms with E-state index in [4.69, 9.17) is 4.74 Å². The van der Waals surface area contributed by atoms with Gasteiger partial charge in [0.05, 0.1) is 5.60 Å². The van der Waals surface area contributed by atoms with Gasteiger partial charge in [-0.1, -0.05) is 44.2 Å². The molecule has 1 aromatic carbocycles. The van der Waals surface area contributed by atoms with Crippen molar-refractivity contribution in [3.05, 3.63) is 35.9 Å². The van der Waals surface area contributed by atoms with Crippen molar-refractivity contribution < 1.29 is 4.74 Å². The summed E-state index contributed by atoms with van der Waals surface area (Å²) in [6.07, 6.45) is 0. The van der Waals surface area contributed by atoms with Crippen LogP contribution in [0.3, 0.4) is 0 Å². The molecule has 0 aliphatic heterocycles. The number of methoxy groups -OCH3 is 1. The maximum atomic E-state index is 5.42. The summed E-state index contributed by atoms with van der Waals surface area (Å²) in [4.78, 5) is 0. The number of ether oxygens (including phenoxy) is 1. The van der Waals surface area contributed by atoms with Crippen molar-refractivity contribution >= 4 is 0 Å². The molecule has 0 spiro atoms. The molecular weight excluding hydrogens is 222 g/mol. The second-order valence-electron chi connectivity index (χ2n) is 5.86. The van der Waals surface area contributed by atoms with E-state index in [-0.39, 0.29) is 5.60 Å². The van der Waals surface area contributed by atoms with Crippen LogP contribution in [-0.4, -0.2) is 25.8 Å². The van der Waals surface area contributed by atoms with Gasteiger partial charge >= 0.3 is 0 Å². The predicted molar refractivity (Wildman–Crippen MR) is 78.0 cm³/mol. The largest absolute Gasteiger partial charge is 0.377 e. The van der Waals surface area contributed by atoms with E-state index in [1.54, 1.807) is 7.11 Å². The average molecular weight is 249 g/mol. The van der Waals surface area contributed by atoms with E-state index in [0.717, 1.165) is 13.1 Å². The normalized spacial score (nSPS) is 13.9. The highest BCUT2D eigenvalue weighted by molar-refractivity contribution is 5.20. The molecule has 0 aromatic heterocycles. The molecule has 2 heteroatoms. The highest BCUT2D eigenvalue weighted by Gasteiger charge is 2.19. The Balaban J connectivity index is 2.55. The Kier molecular flexibility index (Phi) is 5.83. The molecule has 0 amide bonds. The third kappa shape index (κ3) is 4.79. The van der Waals surface area contributed by atoms with Gasteiger partial charge in [-0.05, 0) is 31.2 Å². The zero-order valence-electron chi connectivity index (χ0n) is 12.4. The first-order chi connectivity index (χ1) is 8.46. The minimum atomic E-state index is -0.0990. The van der Waals surface area contributed by atoms with Crippen LogP contribution in [-0.2, 0) is 4.74 Å². The lowest BCUT2D eigenvalue weighted by Gasteiger charge is -2.27. The smallest absolute Gasteiger partial charge is 0.0746 e. The molecule has 18 heavy (non-hydrogen) atoms. The summed E-state index contributed by atoms with van der Waals surface area (Å²) in [5, 5.41) is 3.53. The summed E-state index contributed by atoms with van der Waals surface area (Å²) in [5.74, 6) is 1.18. The van der Waals surface area contributed by atoms with Gasteiger partial charge in [-0.3, -0.25) is 0 Å². The van der Waals surface area contributed by atoms with E-state index in [2.05, 4.69) is 63.3 Å². The molecular formula is C16H27NO. The Morgan fingerprint density at radius 1 is 1.17 bits per heavy atom. The molecule has 0 aliphatic carbocycles. The summed E-state index contributed by atoms with van der Waals surface area (Å²) >= 11 is 0. The molecule has 1 aromatic rings. The Bertz CT molecular complexity index is 332. The van der Waals surface area contributed by atoms with Crippen LogP contribution < -0.4 is 5.32 Å². The van der Waals surface area contributed by atoms with E-state index < -0.39 is 0 Å². The van der Waals surface area contributed by atoms with Crippen molar-refractivity contribution in [2.45, 2.75) is 39.2 Å². The second kappa shape index (κ2) is 6.91. The van der Waals surface area contributed by atoms with Crippen molar-refractivity contribution in [3.63, 3.8) is 0 Å². The van der Waals surface area contributed by atoms with Crippen molar-refractivity contribution in [1.82, 2.24) is 5.32 Å². The molecule has 1 rings (SSSR count). The number of hydrogen-bond acceptors (Lipinski definition) is 2. The van der Waals surface area contributed by atoms with Crippen LogP contribution in [0.5, 0.6) is 0 Å². The van der Waals surface area contributed by atoms with E-state index in [9.17, 15) is 0 Å². The third-order valence-electron chi connectivity index (χ3n) is 3.50. The Hall–Kier alpha value is -0.860. The molecule has 2 nitrogen and oxygen atoms in total. The first-order valence-electron chi connectivity index (χ1n) is 6.77. The quantitative estimate of drug-likeness (QED) is 0.799. The Morgan fingerprint density at radius 3 is 2.28 bits per heavy atom. The van der Waals surface area contributed by atoms with Gasteiger partial charge in [-0.25, -0.2) is 0 Å². The molecule has 0 aliphatic rings. The van der Waals surface area contributed by atoms with Crippen molar-refractivity contribution in [1.29, 1.82) is 0 Å². The standard InChI is InChI=1S/C16H27NO/c1-13(2)15(14-9-7-6-8-10-14)11-17-12-16(3,4)18-5/h6-10,13,15,17H,11-12H2,1-5H3. The van der Waals surface area contributed by atoms with Crippen LogP contribution in [0.2, 0.25) is 0 Å². The zero-order chi connectivity index (χ0) is 13.6. The molecule has 0 fully saturated rings. The summed E-state index contributed by atoms with van der Waals surface area (Å²) in [6.45, 7) is 10.6. The van der Waals surface area contributed by atoms with Gasteiger partial charge < -0.3 is 10.1 Å². The van der Waals surface area contributed by atoms with Gasteiger partial charge in [0, 0.05) is 20.2 Å². The molecule has 0 radical (unpaired) electrons. The molecule has 0 saturated carbocycles. The summed E-state index contributed by atoms with van der Waals surface area (Å²) in [7, 11) is 1.76. The van der Waals surface area contributed by atoms with Crippen LogP contribution in [0.25, 0.3) is 0 Å². The topological polar surface area (TPSA) is 21.3 Å². The van der Waals surface area contributed by atoms with Crippen LogP contribution in [0, 0.1) is 5.92 Å². The fourth-order valence-corrected chi connectivity index (χ4v) is 2.04. The van der Waals surface area contributed by atoms with E-state index in [1.807, 2.05) is 0 Å².